The van der Waals surface area contributed by atoms with Crippen molar-refractivity contribution in [3.8, 4) is 28.5 Å². The van der Waals surface area contributed by atoms with Crippen molar-refractivity contribution in [2.75, 3.05) is 0 Å². The maximum Gasteiger partial charge on any atom is 0.216 e. The van der Waals surface area contributed by atoms with Gasteiger partial charge < -0.3 is 4.42 Å². The molecule has 5 aromatic rings. The van der Waals surface area contributed by atoms with E-state index in [-0.39, 0.29) is 5.92 Å². The van der Waals surface area contributed by atoms with Crippen molar-refractivity contribution >= 4 is 21.9 Å². The molecule has 3 nitrogen and oxygen atoms in total. The van der Waals surface area contributed by atoms with Crippen LogP contribution in [0.15, 0.2) is 71.1 Å². The minimum absolute atomic E-state index is 0.171. The number of aromatic nitrogens is 1. The molecule has 0 unspecified atom stereocenters. The maximum absolute atomic E-state index is 10.0. The molecule has 2 aromatic heterocycles. The molecule has 0 saturated heterocycles. The standard InChI is InChI=1S/C31H29N2O/c1-19(2)13-22-14-21(4)33(5)27(15-22)29-20(3)11-12-26-30-25(18-32)16-24(17-28(30)34-31(26)29)23-9-7-6-8-10-23/h6-12,14-17,19H,13H2,1-5H3/q+1/i13D2. The second-order valence-corrected chi connectivity index (χ2v) is 9.24. The Balaban J connectivity index is 1.84. The summed E-state index contributed by atoms with van der Waals surface area (Å²) in [5.41, 5.74) is 8.37. The molecule has 5 rings (SSSR count). The third-order valence-corrected chi connectivity index (χ3v) is 6.44. The minimum atomic E-state index is -1.47. The van der Waals surface area contributed by atoms with Crippen LogP contribution in [0.4, 0.5) is 0 Å². The lowest BCUT2D eigenvalue weighted by atomic mass is 9.95. The summed E-state index contributed by atoms with van der Waals surface area (Å²) >= 11 is 0. The van der Waals surface area contributed by atoms with E-state index in [1.807, 2.05) is 95.4 Å². The topological polar surface area (TPSA) is 40.8 Å². The van der Waals surface area contributed by atoms with Crippen LogP contribution in [0, 0.1) is 31.1 Å². The fourth-order valence-electron chi connectivity index (χ4n) is 4.73. The molecule has 0 aliphatic carbocycles. The molecule has 3 heteroatoms. The van der Waals surface area contributed by atoms with Crippen molar-refractivity contribution in [3.05, 3.63) is 89.1 Å². The molecule has 0 bridgehead atoms. The number of pyridine rings is 1. The molecule has 3 aromatic carbocycles. The molecule has 34 heavy (non-hydrogen) atoms. The van der Waals surface area contributed by atoms with E-state index in [4.69, 9.17) is 7.16 Å². The van der Waals surface area contributed by atoms with Gasteiger partial charge in [0.25, 0.3) is 0 Å². The SMILES string of the molecule is [2H]C([2H])(c1cc(C)[n+](C)c(-c2c(C)ccc3c2oc2cc(-c4ccccc4)cc(C#N)c23)c1)C(C)C. The molecular weight excluding hydrogens is 416 g/mol. The zero-order valence-electron chi connectivity index (χ0n) is 22.2. The highest BCUT2D eigenvalue weighted by molar-refractivity contribution is 6.12. The summed E-state index contributed by atoms with van der Waals surface area (Å²) in [5, 5.41) is 11.7. The van der Waals surface area contributed by atoms with Gasteiger partial charge in [-0.1, -0.05) is 56.3 Å². The van der Waals surface area contributed by atoms with Gasteiger partial charge in [-0.2, -0.15) is 9.83 Å². The Morgan fingerprint density at radius 1 is 1.00 bits per heavy atom. The predicted octanol–water partition coefficient (Wildman–Crippen LogP) is 7.43. The van der Waals surface area contributed by atoms with Crippen LogP contribution in [-0.2, 0) is 13.4 Å². The average Bonchev–Trinajstić information content (AvgIpc) is 3.24. The number of hydrogen-bond donors (Lipinski definition) is 0. The Hall–Kier alpha value is -3.90. The number of hydrogen-bond acceptors (Lipinski definition) is 2. The number of furan rings is 1. The Bertz CT molecular complexity index is 1680. The highest BCUT2D eigenvalue weighted by atomic mass is 16.3. The van der Waals surface area contributed by atoms with E-state index in [0.717, 1.165) is 44.4 Å². The Kier molecular flexibility index (Phi) is 4.87. The lowest BCUT2D eigenvalue weighted by Crippen LogP contribution is -2.35. The Labute approximate surface area is 203 Å². The van der Waals surface area contributed by atoms with Gasteiger partial charge in [-0.15, -0.1) is 0 Å². The first-order valence-electron chi connectivity index (χ1n) is 12.6. The molecule has 0 radical (unpaired) electrons. The van der Waals surface area contributed by atoms with Gasteiger partial charge in [0, 0.05) is 32.6 Å². The van der Waals surface area contributed by atoms with Crippen molar-refractivity contribution in [1.82, 2.24) is 0 Å². The summed E-state index contributed by atoms with van der Waals surface area (Å²) in [4.78, 5) is 0. The first-order valence-corrected chi connectivity index (χ1v) is 11.6. The Morgan fingerprint density at radius 3 is 2.47 bits per heavy atom. The average molecular weight is 448 g/mol. The number of nitriles is 1. The Morgan fingerprint density at radius 2 is 1.76 bits per heavy atom. The molecular formula is C31H29N2O+. The van der Waals surface area contributed by atoms with E-state index in [1.54, 1.807) is 0 Å². The zero-order valence-corrected chi connectivity index (χ0v) is 20.2. The van der Waals surface area contributed by atoms with Gasteiger partial charge in [-0.3, -0.25) is 0 Å². The quantitative estimate of drug-likeness (QED) is 0.269. The minimum Gasteiger partial charge on any atom is -0.455 e. The highest BCUT2D eigenvalue weighted by Gasteiger charge is 2.24. The monoisotopic (exact) mass is 447 g/mol. The van der Waals surface area contributed by atoms with E-state index in [2.05, 4.69) is 16.7 Å². The second kappa shape index (κ2) is 8.47. The van der Waals surface area contributed by atoms with Gasteiger partial charge in [-0.05, 0) is 53.6 Å². The normalized spacial score (nSPS) is 12.7. The molecule has 0 aliphatic heterocycles. The van der Waals surface area contributed by atoms with Gasteiger partial charge in [0.1, 0.15) is 18.2 Å². The van der Waals surface area contributed by atoms with E-state index in [1.165, 1.54) is 0 Å². The van der Waals surface area contributed by atoms with Crippen LogP contribution in [0.5, 0.6) is 0 Å². The second-order valence-electron chi connectivity index (χ2n) is 9.24. The largest absolute Gasteiger partial charge is 0.455 e. The summed E-state index contributed by atoms with van der Waals surface area (Å²) in [6, 6.07) is 24.2. The molecule has 0 fully saturated rings. The third kappa shape index (κ3) is 3.66. The van der Waals surface area contributed by atoms with E-state index >= 15 is 0 Å². The van der Waals surface area contributed by atoms with E-state index in [0.29, 0.717) is 22.3 Å². The summed E-state index contributed by atoms with van der Waals surface area (Å²) in [6.45, 7) is 7.85. The number of benzene rings is 3. The maximum atomic E-state index is 10.0. The lowest BCUT2D eigenvalue weighted by Gasteiger charge is -2.11. The molecule has 0 aliphatic rings. The predicted molar refractivity (Wildman–Crippen MR) is 138 cm³/mol. The first-order chi connectivity index (χ1) is 17.1. The van der Waals surface area contributed by atoms with Gasteiger partial charge in [-0.25, -0.2) is 0 Å². The first kappa shape index (κ1) is 19.6. The van der Waals surface area contributed by atoms with Gasteiger partial charge in [0.2, 0.25) is 5.69 Å². The zero-order chi connectivity index (χ0) is 25.8. The number of aryl methyl sites for hydroxylation is 2. The number of rotatable bonds is 4. The summed E-state index contributed by atoms with van der Waals surface area (Å²) < 4.78 is 26.0. The summed E-state index contributed by atoms with van der Waals surface area (Å²) in [6.07, 6.45) is -1.47. The molecule has 0 saturated carbocycles. The molecule has 0 amide bonds. The van der Waals surface area contributed by atoms with E-state index in [9.17, 15) is 5.26 Å². The molecule has 0 spiro atoms. The van der Waals surface area contributed by atoms with Gasteiger partial charge >= 0.3 is 0 Å². The van der Waals surface area contributed by atoms with Crippen molar-refractivity contribution in [1.29, 1.82) is 5.26 Å². The fourth-order valence-corrected chi connectivity index (χ4v) is 4.73. The van der Waals surface area contributed by atoms with Gasteiger partial charge in [0.15, 0.2) is 5.69 Å². The van der Waals surface area contributed by atoms with Crippen LogP contribution >= 0.6 is 0 Å². The van der Waals surface area contributed by atoms with Crippen LogP contribution in [0.1, 0.15) is 39.0 Å². The molecule has 0 atom stereocenters. The van der Waals surface area contributed by atoms with Crippen LogP contribution in [0.3, 0.4) is 0 Å². The third-order valence-electron chi connectivity index (χ3n) is 6.44. The van der Waals surface area contributed by atoms with Crippen molar-refractivity contribution in [2.24, 2.45) is 13.0 Å². The molecule has 168 valence electrons. The van der Waals surface area contributed by atoms with Gasteiger partial charge in [0.05, 0.1) is 17.2 Å². The van der Waals surface area contributed by atoms with E-state index < -0.39 is 6.37 Å². The fraction of sp³-hybridized carbons (Fsp3) is 0.226. The lowest BCUT2D eigenvalue weighted by molar-refractivity contribution is -0.666. The smallest absolute Gasteiger partial charge is 0.216 e. The van der Waals surface area contributed by atoms with Crippen molar-refractivity contribution < 1.29 is 11.7 Å². The number of nitrogens with zero attached hydrogens (tertiary/aromatic N) is 2. The summed E-state index contributed by atoms with van der Waals surface area (Å²) in [5.74, 6) is -0.171. The van der Waals surface area contributed by atoms with Crippen LogP contribution in [0.25, 0.3) is 44.3 Å². The molecule has 0 N–H and O–H groups in total. The highest BCUT2D eigenvalue weighted by Crippen LogP contribution is 2.40. The van der Waals surface area contributed by atoms with Crippen LogP contribution < -0.4 is 4.57 Å². The van der Waals surface area contributed by atoms with Crippen LogP contribution in [0.2, 0.25) is 0 Å². The van der Waals surface area contributed by atoms with Crippen LogP contribution in [-0.4, -0.2) is 0 Å². The van der Waals surface area contributed by atoms with Crippen molar-refractivity contribution in [3.63, 3.8) is 0 Å². The molecule has 2 heterocycles. The number of fused-ring (bicyclic) bond motifs is 3. The summed E-state index contributed by atoms with van der Waals surface area (Å²) in [7, 11) is 1.99. The van der Waals surface area contributed by atoms with Crippen molar-refractivity contribution in [2.45, 2.75) is 34.1 Å².